The molecule has 0 aliphatic heterocycles. The van der Waals surface area contributed by atoms with Crippen LogP contribution in [0.5, 0.6) is 0 Å². The van der Waals surface area contributed by atoms with Crippen molar-refractivity contribution in [3.05, 3.63) is 70.5 Å². The lowest BCUT2D eigenvalue weighted by Gasteiger charge is -2.16. The number of carbonyl (C=O) groups is 1. The van der Waals surface area contributed by atoms with Crippen LogP contribution in [0.1, 0.15) is 41.0 Å². The van der Waals surface area contributed by atoms with E-state index < -0.39 is 5.91 Å². The monoisotopic (exact) mass is 356 g/mol. The molecule has 0 bridgehead atoms. The standard InChI is InChI=1S/C21H25FN2O2/c1-14-7-8-18(13-20(14)23-3)17(11-12-21(25)24-26)10-9-16-5-4-6-19(22)15(16)2/h4-10,13,17,23,26H,11-12H2,1-3H3,(H,24,25)/b10-9+. The molecule has 2 aromatic carbocycles. The highest BCUT2D eigenvalue weighted by Crippen LogP contribution is 2.28. The summed E-state index contributed by atoms with van der Waals surface area (Å²) in [6.07, 6.45) is 4.59. The number of anilines is 1. The normalized spacial score (nSPS) is 12.2. The van der Waals surface area contributed by atoms with E-state index in [0.717, 1.165) is 22.4 Å². The molecule has 0 aliphatic rings. The lowest BCUT2D eigenvalue weighted by Crippen LogP contribution is -2.18. The number of benzene rings is 2. The predicted molar refractivity (Wildman–Crippen MR) is 103 cm³/mol. The van der Waals surface area contributed by atoms with Crippen LogP contribution in [-0.2, 0) is 4.79 Å². The zero-order valence-corrected chi connectivity index (χ0v) is 15.3. The molecule has 1 unspecified atom stereocenters. The highest BCUT2D eigenvalue weighted by atomic mass is 19.1. The first-order chi connectivity index (χ1) is 12.5. The zero-order chi connectivity index (χ0) is 19.1. The van der Waals surface area contributed by atoms with Crippen LogP contribution in [0.25, 0.3) is 6.08 Å². The van der Waals surface area contributed by atoms with E-state index in [9.17, 15) is 9.18 Å². The van der Waals surface area contributed by atoms with Crippen LogP contribution < -0.4 is 10.8 Å². The second-order valence-electron chi connectivity index (χ2n) is 6.32. The molecule has 0 saturated heterocycles. The second kappa shape index (κ2) is 9.15. The van der Waals surface area contributed by atoms with Crippen LogP contribution in [-0.4, -0.2) is 18.2 Å². The third-order valence-electron chi connectivity index (χ3n) is 4.58. The van der Waals surface area contributed by atoms with Gasteiger partial charge < -0.3 is 5.32 Å². The maximum absolute atomic E-state index is 13.7. The molecule has 4 nitrogen and oxygen atoms in total. The molecular formula is C21H25FN2O2. The molecule has 0 saturated carbocycles. The smallest absolute Gasteiger partial charge is 0.243 e. The minimum Gasteiger partial charge on any atom is -0.388 e. The molecule has 5 heteroatoms. The number of nitrogens with one attached hydrogen (secondary N) is 2. The van der Waals surface area contributed by atoms with Crippen LogP contribution >= 0.6 is 0 Å². The van der Waals surface area contributed by atoms with Crippen molar-refractivity contribution in [2.75, 3.05) is 12.4 Å². The molecule has 26 heavy (non-hydrogen) atoms. The number of amides is 1. The summed E-state index contributed by atoms with van der Waals surface area (Å²) in [6, 6.07) is 11.1. The molecule has 0 radical (unpaired) electrons. The van der Waals surface area contributed by atoms with E-state index in [1.807, 2.05) is 44.3 Å². The van der Waals surface area contributed by atoms with Gasteiger partial charge in [-0.15, -0.1) is 0 Å². The first-order valence-electron chi connectivity index (χ1n) is 8.60. The Morgan fingerprint density at radius 1 is 1.27 bits per heavy atom. The van der Waals surface area contributed by atoms with Gasteiger partial charge in [0.15, 0.2) is 0 Å². The predicted octanol–water partition coefficient (Wildman–Crippen LogP) is 4.57. The number of hydrogen-bond acceptors (Lipinski definition) is 3. The van der Waals surface area contributed by atoms with Crippen molar-refractivity contribution < 1.29 is 14.4 Å². The van der Waals surface area contributed by atoms with Crippen molar-refractivity contribution in [3.63, 3.8) is 0 Å². The Balaban J connectivity index is 2.32. The van der Waals surface area contributed by atoms with Gasteiger partial charge in [-0.05, 0) is 54.7 Å². The fourth-order valence-electron chi connectivity index (χ4n) is 2.88. The largest absolute Gasteiger partial charge is 0.388 e. The third kappa shape index (κ3) is 4.92. The van der Waals surface area contributed by atoms with Crippen molar-refractivity contribution in [3.8, 4) is 0 Å². The first-order valence-corrected chi connectivity index (χ1v) is 8.60. The number of rotatable bonds is 7. The highest BCUT2D eigenvalue weighted by Gasteiger charge is 2.13. The molecule has 0 spiro atoms. The van der Waals surface area contributed by atoms with Crippen molar-refractivity contribution in [2.24, 2.45) is 0 Å². The van der Waals surface area contributed by atoms with E-state index in [1.54, 1.807) is 18.5 Å². The van der Waals surface area contributed by atoms with Gasteiger partial charge in [0.25, 0.3) is 0 Å². The third-order valence-corrected chi connectivity index (χ3v) is 4.58. The van der Waals surface area contributed by atoms with Crippen molar-refractivity contribution >= 4 is 17.7 Å². The average Bonchev–Trinajstić information content (AvgIpc) is 2.65. The van der Waals surface area contributed by atoms with Crippen LogP contribution in [0.4, 0.5) is 10.1 Å². The summed E-state index contributed by atoms with van der Waals surface area (Å²) < 4.78 is 13.7. The maximum Gasteiger partial charge on any atom is 0.243 e. The summed E-state index contributed by atoms with van der Waals surface area (Å²) in [5.74, 6) is -0.704. The number of carbonyl (C=O) groups excluding carboxylic acids is 1. The van der Waals surface area contributed by atoms with E-state index in [1.165, 1.54) is 6.07 Å². The Bertz CT molecular complexity index is 803. The minimum atomic E-state index is -0.425. The van der Waals surface area contributed by atoms with Gasteiger partial charge in [-0.25, -0.2) is 9.87 Å². The number of aryl methyl sites for hydroxylation is 1. The first kappa shape index (κ1) is 19.7. The molecule has 0 aromatic heterocycles. The van der Waals surface area contributed by atoms with E-state index >= 15 is 0 Å². The van der Waals surface area contributed by atoms with Crippen molar-refractivity contribution in [1.29, 1.82) is 0 Å². The molecule has 2 rings (SSSR count). The lowest BCUT2D eigenvalue weighted by atomic mass is 9.91. The summed E-state index contributed by atoms with van der Waals surface area (Å²) in [5, 5.41) is 11.9. The zero-order valence-electron chi connectivity index (χ0n) is 15.3. The SMILES string of the molecule is CNc1cc(C(/C=C/c2cccc(F)c2C)CCC(=O)NO)ccc1C. The quantitative estimate of drug-likeness (QED) is 0.503. The fourth-order valence-corrected chi connectivity index (χ4v) is 2.88. The fraction of sp³-hybridized carbons (Fsp3) is 0.286. The Morgan fingerprint density at radius 3 is 2.73 bits per heavy atom. The van der Waals surface area contributed by atoms with Gasteiger partial charge in [0.05, 0.1) is 0 Å². The number of hydroxylamine groups is 1. The topological polar surface area (TPSA) is 61.4 Å². The van der Waals surface area contributed by atoms with Crippen LogP contribution in [0.15, 0.2) is 42.5 Å². The van der Waals surface area contributed by atoms with Gasteiger partial charge in [0, 0.05) is 25.1 Å². The van der Waals surface area contributed by atoms with Crippen molar-refractivity contribution in [1.82, 2.24) is 5.48 Å². The summed E-state index contributed by atoms with van der Waals surface area (Å²) in [5.41, 5.74) is 6.28. The Hall–Kier alpha value is -2.66. The maximum atomic E-state index is 13.7. The molecule has 138 valence electrons. The highest BCUT2D eigenvalue weighted by molar-refractivity contribution is 5.74. The summed E-state index contributed by atoms with van der Waals surface area (Å²) >= 11 is 0. The van der Waals surface area contributed by atoms with Gasteiger partial charge in [-0.1, -0.05) is 36.4 Å². The second-order valence-corrected chi connectivity index (χ2v) is 6.32. The van der Waals surface area contributed by atoms with Crippen LogP contribution in [0.2, 0.25) is 0 Å². The average molecular weight is 356 g/mol. The van der Waals surface area contributed by atoms with E-state index in [2.05, 4.69) is 11.4 Å². The number of allylic oxidation sites excluding steroid dienone is 1. The Kier molecular flexibility index (Phi) is 6.92. The van der Waals surface area contributed by atoms with Gasteiger partial charge in [-0.3, -0.25) is 10.0 Å². The molecule has 0 fully saturated rings. The van der Waals surface area contributed by atoms with Gasteiger partial charge in [0.1, 0.15) is 5.82 Å². The minimum absolute atomic E-state index is 0.0392. The Labute approximate surface area is 153 Å². The number of hydrogen-bond donors (Lipinski definition) is 3. The molecule has 0 aliphatic carbocycles. The van der Waals surface area contributed by atoms with E-state index in [0.29, 0.717) is 12.0 Å². The molecule has 3 N–H and O–H groups in total. The Morgan fingerprint density at radius 2 is 2.04 bits per heavy atom. The van der Waals surface area contributed by atoms with Crippen LogP contribution in [0, 0.1) is 19.7 Å². The molecule has 1 atom stereocenters. The van der Waals surface area contributed by atoms with Crippen LogP contribution in [0.3, 0.4) is 0 Å². The summed E-state index contributed by atoms with van der Waals surface area (Å²) in [6.45, 7) is 3.77. The summed E-state index contributed by atoms with van der Waals surface area (Å²) in [4.78, 5) is 11.5. The van der Waals surface area contributed by atoms with E-state index in [4.69, 9.17) is 5.21 Å². The van der Waals surface area contributed by atoms with Gasteiger partial charge in [-0.2, -0.15) is 0 Å². The molecule has 0 heterocycles. The van der Waals surface area contributed by atoms with Gasteiger partial charge >= 0.3 is 0 Å². The lowest BCUT2D eigenvalue weighted by molar-refractivity contribution is -0.129. The molecule has 1 amide bonds. The summed E-state index contributed by atoms with van der Waals surface area (Å²) in [7, 11) is 1.87. The van der Waals surface area contributed by atoms with Crippen molar-refractivity contribution in [2.45, 2.75) is 32.6 Å². The molecular weight excluding hydrogens is 331 g/mol. The number of halogens is 1. The van der Waals surface area contributed by atoms with Gasteiger partial charge in [0.2, 0.25) is 5.91 Å². The molecule has 2 aromatic rings. The van der Waals surface area contributed by atoms with E-state index in [-0.39, 0.29) is 18.2 Å².